The van der Waals surface area contributed by atoms with Crippen LogP contribution in [-0.2, 0) is 4.79 Å². The van der Waals surface area contributed by atoms with Crippen molar-refractivity contribution < 1.29 is 4.79 Å². The molecule has 2 rings (SSSR count). The SMILES string of the molecule is CCNC(=NCC(C)SC)N1CCN(CC(=O)NC2CC2)CC1.I. The third kappa shape index (κ3) is 7.77. The largest absolute Gasteiger partial charge is 0.357 e. The second kappa shape index (κ2) is 11.4. The van der Waals surface area contributed by atoms with Crippen LogP contribution in [0.15, 0.2) is 4.99 Å². The van der Waals surface area contributed by atoms with Gasteiger partial charge in [-0.2, -0.15) is 11.8 Å². The molecule has 2 aliphatic rings. The predicted octanol–water partition coefficient (Wildman–Crippen LogP) is 1.22. The summed E-state index contributed by atoms with van der Waals surface area (Å²) in [7, 11) is 0. The van der Waals surface area contributed by atoms with E-state index < -0.39 is 0 Å². The smallest absolute Gasteiger partial charge is 0.234 e. The summed E-state index contributed by atoms with van der Waals surface area (Å²) in [4.78, 5) is 21.2. The van der Waals surface area contributed by atoms with Crippen LogP contribution in [0.5, 0.6) is 0 Å². The molecule has 0 bridgehead atoms. The third-order valence-electron chi connectivity index (χ3n) is 4.22. The molecule has 1 aliphatic heterocycles. The van der Waals surface area contributed by atoms with Crippen molar-refractivity contribution >= 4 is 47.6 Å². The van der Waals surface area contributed by atoms with E-state index in [2.05, 4.69) is 40.5 Å². The van der Waals surface area contributed by atoms with Crippen LogP contribution in [0.1, 0.15) is 26.7 Å². The van der Waals surface area contributed by atoms with Gasteiger partial charge in [0.2, 0.25) is 5.91 Å². The van der Waals surface area contributed by atoms with Crippen LogP contribution in [0.2, 0.25) is 0 Å². The molecule has 1 saturated heterocycles. The highest BCUT2D eigenvalue weighted by Gasteiger charge is 2.25. The van der Waals surface area contributed by atoms with Gasteiger partial charge in [-0.1, -0.05) is 6.92 Å². The van der Waals surface area contributed by atoms with Gasteiger partial charge in [-0.15, -0.1) is 24.0 Å². The van der Waals surface area contributed by atoms with E-state index in [0.717, 1.165) is 58.1 Å². The van der Waals surface area contributed by atoms with Gasteiger partial charge in [0.1, 0.15) is 0 Å². The van der Waals surface area contributed by atoms with Gasteiger partial charge in [0.05, 0.1) is 13.1 Å². The zero-order valence-corrected chi connectivity index (χ0v) is 18.2. The first kappa shape index (κ1) is 21.8. The Labute approximate surface area is 167 Å². The maximum absolute atomic E-state index is 11.9. The Balaban J connectivity index is 0.00000288. The molecule has 1 unspecified atom stereocenters. The molecule has 1 saturated carbocycles. The first-order valence-corrected chi connectivity index (χ1v) is 9.99. The van der Waals surface area contributed by atoms with E-state index >= 15 is 0 Å². The van der Waals surface area contributed by atoms with Gasteiger partial charge < -0.3 is 15.5 Å². The number of amides is 1. The molecule has 1 amide bonds. The van der Waals surface area contributed by atoms with Crippen LogP contribution >= 0.6 is 35.7 Å². The van der Waals surface area contributed by atoms with Crippen molar-refractivity contribution in [3.05, 3.63) is 0 Å². The van der Waals surface area contributed by atoms with Crippen molar-refractivity contribution in [1.82, 2.24) is 20.4 Å². The lowest BCUT2D eigenvalue weighted by Gasteiger charge is -2.36. The Hall–Kier alpha value is -0.220. The molecule has 140 valence electrons. The van der Waals surface area contributed by atoms with Gasteiger partial charge in [0.25, 0.3) is 0 Å². The first-order chi connectivity index (χ1) is 11.1. The Morgan fingerprint density at radius 3 is 2.50 bits per heavy atom. The second-order valence-corrected chi connectivity index (χ2v) is 7.62. The average Bonchev–Trinajstić information content (AvgIpc) is 3.35. The topological polar surface area (TPSA) is 60.0 Å². The Kier molecular flexibility index (Phi) is 10.4. The van der Waals surface area contributed by atoms with Gasteiger partial charge >= 0.3 is 0 Å². The molecule has 2 fully saturated rings. The number of carbonyl (C=O) groups is 1. The third-order valence-corrected chi connectivity index (χ3v) is 5.17. The average molecular weight is 469 g/mol. The molecule has 0 radical (unpaired) electrons. The molecule has 24 heavy (non-hydrogen) atoms. The van der Waals surface area contributed by atoms with E-state index in [-0.39, 0.29) is 29.9 Å². The standard InChI is InChI=1S/C16H31N5OS.HI/c1-4-17-16(18-11-13(2)23-3)21-9-7-20(8-10-21)12-15(22)19-14-5-6-14;/h13-14H,4-12H2,1-3H3,(H,17,18)(H,19,22);1H. The predicted molar refractivity (Wildman–Crippen MR) is 114 cm³/mol. The van der Waals surface area contributed by atoms with Crippen molar-refractivity contribution in [1.29, 1.82) is 0 Å². The number of guanidine groups is 1. The van der Waals surface area contributed by atoms with Crippen molar-refractivity contribution in [2.75, 3.05) is 52.1 Å². The number of nitrogens with one attached hydrogen (secondary N) is 2. The number of aliphatic imine (C=N–C) groups is 1. The van der Waals surface area contributed by atoms with E-state index in [1.807, 2.05) is 11.8 Å². The zero-order chi connectivity index (χ0) is 16.7. The van der Waals surface area contributed by atoms with Crippen molar-refractivity contribution in [3.63, 3.8) is 0 Å². The number of carbonyl (C=O) groups excluding carboxylic acids is 1. The van der Waals surface area contributed by atoms with E-state index in [1.165, 1.54) is 0 Å². The fraction of sp³-hybridized carbons (Fsp3) is 0.875. The quantitative estimate of drug-likeness (QED) is 0.334. The van der Waals surface area contributed by atoms with Gasteiger partial charge in [0, 0.05) is 44.0 Å². The van der Waals surface area contributed by atoms with Crippen LogP contribution < -0.4 is 10.6 Å². The maximum Gasteiger partial charge on any atom is 0.234 e. The molecule has 6 nitrogen and oxygen atoms in total. The minimum absolute atomic E-state index is 0. The second-order valence-electron chi connectivity index (χ2n) is 6.35. The number of piperazine rings is 1. The van der Waals surface area contributed by atoms with Gasteiger partial charge in [-0.3, -0.25) is 14.7 Å². The van der Waals surface area contributed by atoms with E-state index in [4.69, 9.17) is 4.99 Å². The molecule has 0 aromatic heterocycles. The normalized spacial score (nSPS) is 20.3. The maximum atomic E-state index is 11.9. The van der Waals surface area contributed by atoms with Crippen molar-refractivity contribution in [3.8, 4) is 0 Å². The number of thioether (sulfide) groups is 1. The van der Waals surface area contributed by atoms with Crippen LogP contribution in [0, 0.1) is 0 Å². The van der Waals surface area contributed by atoms with Crippen LogP contribution in [-0.4, -0.2) is 85.0 Å². The van der Waals surface area contributed by atoms with Gasteiger partial charge in [-0.05, 0) is 26.0 Å². The molecule has 0 spiro atoms. The minimum Gasteiger partial charge on any atom is -0.357 e. The van der Waals surface area contributed by atoms with Crippen LogP contribution in [0.4, 0.5) is 0 Å². The molecular formula is C16H32IN5OS. The minimum atomic E-state index is 0. The molecule has 1 heterocycles. The molecule has 0 aromatic rings. The lowest BCUT2D eigenvalue weighted by molar-refractivity contribution is -0.122. The fourth-order valence-electron chi connectivity index (χ4n) is 2.54. The fourth-order valence-corrected chi connectivity index (χ4v) is 2.76. The number of hydrogen-bond donors (Lipinski definition) is 2. The first-order valence-electron chi connectivity index (χ1n) is 8.70. The summed E-state index contributed by atoms with van der Waals surface area (Å²) in [6, 6.07) is 0.453. The highest BCUT2D eigenvalue weighted by Crippen LogP contribution is 2.18. The summed E-state index contributed by atoms with van der Waals surface area (Å²) in [5, 5.41) is 6.99. The summed E-state index contributed by atoms with van der Waals surface area (Å²) in [5.41, 5.74) is 0. The van der Waals surface area contributed by atoms with E-state index in [1.54, 1.807) is 0 Å². The van der Waals surface area contributed by atoms with Gasteiger partial charge in [-0.25, -0.2) is 0 Å². The van der Waals surface area contributed by atoms with Crippen molar-refractivity contribution in [2.45, 2.75) is 38.0 Å². The van der Waals surface area contributed by atoms with Gasteiger partial charge in [0.15, 0.2) is 5.96 Å². The molecule has 8 heteroatoms. The molecule has 0 aromatic carbocycles. The summed E-state index contributed by atoms with van der Waals surface area (Å²) < 4.78 is 0. The van der Waals surface area contributed by atoms with E-state index in [0.29, 0.717) is 17.8 Å². The monoisotopic (exact) mass is 469 g/mol. The Bertz CT molecular complexity index is 411. The number of halogens is 1. The molecule has 1 aliphatic carbocycles. The Morgan fingerprint density at radius 2 is 1.96 bits per heavy atom. The summed E-state index contributed by atoms with van der Waals surface area (Å²) >= 11 is 1.84. The lowest BCUT2D eigenvalue weighted by Crippen LogP contribution is -2.54. The summed E-state index contributed by atoms with van der Waals surface area (Å²) in [6.45, 7) is 10.2. The molecule has 1 atom stereocenters. The van der Waals surface area contributed by atoms with Crippen LogP contribution in [0.25, 0.3) is 0 Å². The number of hydrogen-bond acceptors (Lipinski definition) is 4. The molecule has 2 N–H and O–H groups in total. The van der Waals surface area contributed by atoms with Crippen molar-refractivity contribution in [2.24, 2.45) is 4.99 Å². The lowest BCUT2D eigenvalue weighted by atomic mass is 10.3. The zero-order valence-electron chi connectivity index (χ0n) is 15.1. The Morgan fingerprint density at radius 1 is 1.29 bits per heavy atom. The molecular weight excluding hydrogens is 437 g/mol. The highest BCUT2D eigenvalue weighted by molar-refractivity contribution is 14.0. The van der Waals surface area contributed by atoms with Crippen LogP contribution in [0.3, 0.4) is 0 Å². The summed E-state index contributed by atoms with van der Waals surface area (Å²) in [5.74, 6) is 1.19. The number of nitrogens with zero attached hydrogens (tertiary/aromatic N) is 3. The highest BCUT2D eigenvalue weighted by atomic mass is 127. The summed E-state index contributed by atoms with van der Waals surface area (Å²) in [6.07, 6.45) is 4.42. The number of rotatable bonds is 7. The van der Waals surface area contributed by atoms with E-state index in [9.17, 15) is 4.79 Å².